The Morgan fingerprint density at radius 2 is 2.17 bits per heavy atom. The molecule has 1 N–H and O–H groups in total. The molecule has 6 heteroatoms. The Morgan fingerprint density at radius 1 is 1.50 bits per heavy atom. The summed E-state index contributed by atoms with van der Waals surface area (Å²) in [5.74, 6) is -2.12. The van der Waals surface area contributed by atoms with E-state index in [1.165, 1.54) is 17.0 Å². The van der Waals surface area contributed by atoms with Crippen molar-refractivity contribution in [3.63, 3.8) is 0 Å². The number of carbonyl (C=O) groups is 2. The average molecular weight is 252 g/mol. The topological polar surface area (TPSA) is 70.5 Å². The molecule has 1 fully saturated rings. The number of likely N-dealkylation sites (tertiary alicyclic amines) is 1. The normalized spacial score (nSPS) is 17.1. The van der Waals surface area contributed by atoms with Crippen LogP contribution in [0.25, 0.3) is 0 Å². The van der Waals surface area contributed by atoms with E-state index in [1.54, 1.807) is 6.92 Å². The number of pyridine rings is 1. The molecule has 0 aliphatic carbocycles. The zero-order valence-electron chi connectivity index (χ0n) is 9.84. The van der Waals surface area contributed by atoms with E-state index < -0.39 is 17.7 Å². The van der Waals surface area contributed by atoms with E-state index >= 15 is 0 Å². The van der Waals surface area contributed by atoms with Gasteiger partial charge in [0, 0.05) is 19.0 Å². The highest BCUT2D eigenvalue weighted by molar-refractivity contribution is 5.92. The molecule has 18 heavy (non-hydrogen) atoms. The van der Waals surface area contributed by atoms with Crippen LogP contribution < -0.4 is 0 Å². The summed E-state index contributed by atoms with van der Waals surface area (Å²) in [4.78, 5) is 27.9. The number of amides is 1. The summed E-state index contributed by atoms with van der Waals surface area (Å²) >= 11 is 0. The molecule has 1 amide bonds. The number of aliphatic carboxylic acids is 1. The lowest BCUT2D eigenvalue weighted by molar-refractivity contribution is -0.144. The summed E-state index contributed by atoms with van der Waals surface area (Å²) in [5, 5.41) is 8.83. The largest absolute Gasteiger partial charge is 0.481 e. The van der Waals surface area contributed by atoms with Gasteiger partial charge in [-0.2, -0.15) is 0 Å². The molecule has 1 atom stereocenters. The molecule has 1 unspecified atom stereocenters. The van der Waals surface area contributed by atoms with Crippen molar-refractivity contribution in [2.24, 2.45) is 11.8 Å². The van der Waals surface area contributed by atoms with Gasteiger partial charge in [0.1, 0.15) is 11.5 Å². The number of nitrogens with zero attached hydrogens (tertiary/aromatic N) is 2. The standard InChI is InChI=1S/C12H13FN2O3/c1-7(12(17)18)8-5-15(6-8)11(16)10-3-2-9(13)4-14-10/h2-4,7-8H,5-6H2,1H3,(H,17,18). The number of halogens is 1. The third-order valence-electron chi connectivity index (χ3n) is 3.24. The smallest absolute Gasteiger partial charge is 0.306 e. The fraction of sp³-hybridized carbons (Fsp3) is 0.417. The van der Waals surface area contributed by atoms with E-state index in [1.807, 2.05) is 0 Å². The summed E-state index contributed by atoms with van der Waals surface area (Å²) in [7, 11) is 0. The number of hydrogen-bond acceptors (Lipinski definition) is 3. The van der Waals surface area contributed by atoms with Gasteiger partial charge >= 0.3 is 5.97 Å². The molecule has 0 bridgehead atoms. The molecule has 96 valence electrons. The van der Waals surface area contributed by atoms with Crippen LogP contribution in [0.3, 0.4) is 0 Å². The van der Waals surface area contributed by atoms with E-state index in [4.69, 9.17) is 5.11 Å². The predicted octanol–water partition coefficient (Wildman–Crippen LogP) is 1.01. The molecule has 5 nitrogen and oxygen atoms in total. The van der Waals surface area contributed by atoms with E-state index in [-0.39, 0.29) is 17.5 Å². The van der Waals surface area contributed by atoms with Crippen LogP contribution >= 0.6 is 0 Å². The van der Waals surface area contributed by atoms with Gasteiger partial charge in [0.05, 0.1) is 12.1 Å². The number of carboxylic acid groups (broad SMARTS) is 1. The monoisotopic (exact) mass is 252 g/mol. The number of carboxylic acids is 1. The second kappa shape index (κ2) is 4.72. The number of carbonyl (C=O) groups excluding carboxylic acids is 1. The molecule has 1 saturated heterocycles. The minimum Gasteiger partial charge on any atom is -0.481 e. The van der Waals surface area contributed by atoms with Gasteiger partial charge in [-0.3, -0.25) is 9.59 Å². The van der Waals surface area contributed by atoms with Gasteiger partial charge in [-0.1, -0.05) is 6.92 Å². The first-order valence-electron chi connectivity index (χ1n) is 5.62. The lowest BCUT2D eigenvalue weighted by Gasteiger charge is -2.40. The molecular formula is C12H13FN2O3. The molecule has 0 aromatic carbocycles. The first-order valence-corrected chi connectivity index (χ1v) is 5.62. The maximum atomic E-state index is 12.7. The number of aromatic nitrogens is 1. The van der Waals surface area contributed by atoms with E-state index in [9.17, 15) is 14.0 Å². The van der Waals surface area contributed by atoms with Gasteiger partial charge in [-0.15, -0.1) is 0 Å². The highest BCUT2D eigenvalue weighted by atomic mass is 19.1. The molecule has 1 aromatic rings. The molecule has 0 spiro atoms. The lowest BCUT2D eigenvalue weighted by atomic mass is 9.87. The van der Waals surface area contributed by atoms with Crippen LogP contribution in [0.4, 0.5) is 4.39 Å². The van der Waals surface area contributed by atoms with Crippen molar-refractivity contribution in [3.8, 4) is 0 Å². The molecule has 0 radical (unpaired) electrons. The summed E-state index contributed by atoms with van der Waals surface area (Å²) in [5.41, 5.74) is 0.179. The summed E-state index contributed by atoms with van der Waals surface area (Å²) in [6.45, 7) is 2.45. The molecule has 1 aromatic heterocycles. The molecule has 2 rings (SSSR count). The summed E-state index contributed by atoms with van der Waals surface area (Å²) in [6, 6.07) is 2.50. The Kier molecular flexibility index (Phi) is 3.27. The van der Waals surface area contributed by atoms with Gasteiger partial charge in [-0.25, -0.2) is 9.37 Å². The second-order valence-electron chi connectivity index (χ2n) is 4.46. The zero-order chi connectivity index (χ0) is 13.3. The van der Waals surface area contributed by atoms with E-state index in [0.29, 0.717) is 13.1 Å². The molecule has 0 saturated carbocycles. The fourth-order valence-electron chi connectivity index (χ4n) is 1.86. The van der Waals surface area contributed by atoms with Crippen LogP contribution in [0.2, 0.25) is 0 Å². The second-order valence-corrected chi connectivity index (χ2v) is 4.46. The molecule has 2 heterocycles. The van der Waals surface area contributed by atoms with E-state index in [0.717, 1.165) is 6.20 Å². The average Bonchev–Trinajstić information content (AvgIpc) is 2.27. The maximum Gasteiger partial charge on any atom is 0.306 e. The van der Waals surface area contributed by atoms with Crippen molar-refractivity contribution >= 4 is 11.9 Å². The van der Waals surface area contributed by atoms with Crippen molar-refractivity contribution in [1.29, 1.82) is 0 Å². The van der Waals surface area contributed by atoms with Crippen LogP contribution in [0.5, 0.6) is 0 Å². The Labute approximate surface area is 103 Å². The maximum absolute atomic E-state index is 12.7. The van der Waals surface area contributed by atoms with Crippen molar-refractivity contribution in [1.82, 2.24) is 9.88 Å². The SMILES string of the molecule is CC(C(=O)O)C1CN(C(=O)c2ccc(F)cn2)C1. The minimum absolute atomic E-state index is 0.0214. The Balaban J connectivity index is 1.94. The third-order valence-corrected chi connectivity index (χ3v) is 3.24. The first-order chi connectivity index (χ1) is 8.49. The number of hydrogen-bond donors (Lipinski definition) is 1. The van der Waals surface area contributed by atoms with Crippen LogP contribution in [0.15, 0.2) is 18.3 Å². The Morgan fingerprint density at radius 3 is 2.67 bits per heavy atom. The Bertz CT molecular complexity index is 469. The van der Waals surface area contributed by atoms with Gasteiger partial charge in [0.2, 0.25) is 0 Å². The molecule has 1 aliphatic heterocycles. The fourth-order valence-corrected chi connectivity index (χ4v) is 1.86. The highest BCUT2D eigenvalue weighted by Gasteiger charge is 2.37. The van der Waals surface area contributed by atoms with E-state index in [2.05, 4.69) is 4.98 Å². The first kappa shape index (κ1) is 12.5. The summed E-state index contributed by atoms with van der Waals surface area (Å²) < 4.78 is 12.7. The van der Waals surface area contributed by atoms with Crippen molar-refractivity contribution in [2.45, 2.75) is 6.92 Å². The predicted molar refractivity (Wildman–Crippen MR) is 60.4 cm³/mol. The van der Waals surface area contributed by atoms with Gasteiger partial charge in [0.15, 0.2) is 0 Å². The highest BCUT2D eigenvalue weighted by Crippen LogP contribution is 2.25. The van der Waals surface area contributed by atoms with Crippen LogP contribution in [0, 0.1) is 17.7 Å². The van der Waals surface area contributed by atoms with Crippen LogP contribution in [0.1, 0.15) is 17.4 Å². The van der Waals surface area contributed by atoms with Gasteiger partial charge < -0.3 is 10.0 Å². The Hall–Kier alpha value is -1.98. The van der Waals surface area contributed by atoms with Gasteiger partial charge in [-0.05, 0) is 12.1 Å². The van der Waals surface area contributed by atoms with Crippen molar-refractivity contribution < 1.29 is 19.1 Å². The van der Waals surface area contributed by atoms with Crippen molar-refractivity contribution in [2.75, 3.05) is 13.1 Å². The lowest BCUT2D eigenvalue weighted by Crippen LogP contribution is -2.53. The molecular weight excluding hydrogens is 239 g/mol. The van der Waals surface area contributed by atoms with Crippen molar-refractivity contribution in [3.05, 3.63) is 29.8 Å². The molecule has 1 aliphatic rings. The zero-order valence-corrected chi connectivity index (χ0v) is 9.84. The number of rotatable bonds is 3. The summed E-state index contributed by atoms with van der Waals surface area (Å²) in [6.07, 6.45) is 0.990. The van der Waals surface area contributed by atoms with Crippen LogP contribution in [-0.4, -0.2) is 40.0 Å². The van der Waals surface area contributed by atoms with Crippen LogP contribution in [-0.2, 0) is 4.79 Å². The third kappa shape index (κ3) is 2.32. The quantitative estimate of drug-likeness (QED) is 0.871. The van der Waals surface area contributed by atoms with Gasteiger partial charge in [0.25, 0.3) is 5.91 Å². The minimum atomic E-state index is -0.855.